The summed E-state index contributed by atoms with van der Waals surface area (Å²) < 4.78 is 50.9. The van der Waals surface area contributed by atoms with Crippen molar-refractivity contribution in [3.63, 3.8) is 0 Å². The molecular formula is C21H20F3N5O3. The quantitative estimate of drug-likeness (QED) is 0.475. The Labute approximate surface area is 180 Å². The molecule has 0 atom stereocenters. The predicted octanol–water partition coefficient (Wildman–Crippen LogP) is 4.27. The number of alkyl halides is 3. The number of aromatic nitrogens is 5. The van der Waals surface area contributed by atoms with Crippen molar-refractivity contribution < 1.29 is 27.8 Å². The zero-order chi connectivity index (χ0) is 23.0. The van der Waals surface area contributed by atoms with Crippen LogP contribution < -0.4 is 9.47 Å². The Morgan fingerprint density at radius 1 is 1.19 bits per heavy atom. The first-order chi connectivity index (χ1) is 15.2. The van der Waals surface area contributed by atoms with E-state index in [-0.39, 0.29) is 5.88 Å². The van der Waals surface area contributed by atoms with Crippen molar-refractivity contribution in [3.05, 3.63) is 42.5 Å². The molecule has 32 heavy (non-hydrogen) atoms. The van der Waals surface area contributed by atoms with E-state index in [1.54, 1.807) is 31.3 Å². The number of aryl methyl sites for hydroxylation is 1. The fourth-order valence-electron chi connectivity index (χ4n) is 3.48. The van der Waals surface area contributed by atoms with Crippen molar-refractivity contribution in [2.75, 3.05) is 13.7 Å². The minimum atomic E-state index is -4.40. The third-order valence-corrected chi connectivity index (χ3v) is 4.86. The summed E-state index contributed by atoms with van der Waals surface area (Å²) in [6.45, 7) is 2.79. The van der Waals surface area contributed by atoms with E-state index in [4.69, 9.17) is 9.47 Å². The average Bonchev–Trinajstić information content (AvgIpc) is 3.29. The lowest BCUT2D eigenvalue weighted by molar-refractivity contribution is -0.142. The normalized spacial score (nSPS) is 11.8. The van der Waals surface area contributed by atoms with Crippen LogP contribution in [0, 0.1) is 6.92 Å². The van der Waals surface area contributed by atoms with E-state index in [0.717, 1.165) is 4.68 Å². The smallest absolute Gasteiger partial charge is 0.408 e. The van der Waals surface area contributed by atoms with Gasteiger partial charge in [0, 0.05) is 23.7 Å². The number of ether oxygens (including phenoxy) is 2. The highest BCUT2D eigenvalue weighted by Crippen LogP contribution is 2.36. The number of halogens is 3. The second-order valence-electron chi connectivity index (χ2n) is 7.01. The highest BCUT2D eigenvalue weighted by molar-refractivity contribution is 5.90. The van der Waals surface area contributed by atoms with E-state index in [1.165, 1.54) is 24.1 Å². The van der Waals surface area contributed by atoms with E-state index in [9.17, 15) is 18.3 Å². The molecule has 0 fully saturated rings. The molecule has 0 saturated heterocycles. The number of hydrogen-bond donors (Lipinski definition) is 1. The molecule has 168 valence electrons. The van der Waals surface area contributed by atoms with Gasteiger partial charge in [0.15, 0.2) is 5.75 Å². The molecule has 4 aromatic heterocycles. The molecule has 0 aromatic carbocycles. The Morgan fingerprint density at radius 2 is 1.97 bits per heavy atom. The van der Waals surface area contributed by atoms with Crippen molar-refractivity contribution in [3.8, 4) is 34.5 Å². The molecule has 4 rings (SSSR count). The van der Waals surface area contributed by atoms with Gasteiger partial charge >= 0.3 is 6.18 Å². The van der Waals surface area contributed by atoms with Gasteiger partial charge in [-0.25, -0.2) is 9.97 Å². The largest absolute Gasteiger partial charge is 0.494 e. The highest BCUT2D eigenvalue weighted by Gasteiger charge is 2.29. The van der Waals surface area contributed by atoms with Crippen molar-refractivity contribution in [2.45, 2.75) is 26.6 Å². The van der Waals surface area contributed by atoms with Crippen LogP contribution in [0.3, 0.4) is 0 Å². The van der Waals surface area contributed by atoms with Crippen LogP contribution in [0.4, 0.5) is 13.2 Å². The van der Waals surface area contributed by atoms with Crippen molar-refractivity contribution in [1.82, 2.24) is 24.3 Å². The summed E-state index contributed by atoms with van der Waals surface area (Å²) in [4.78, 5) is 8.92. The second-order valence-corrected chi connectivity index (χ2v) is 7.01. The number of pyridine rings is 2. The summed E-state index contributed by atoms with van der Waals surface area (Å²) in [5.74, 6) is 0.696. The molecule has 1 N–H and O–H groups in total. The maximum Gasteiger partial charge on any atom is 0.408 e. The molecule has 8 nitrogen and oxygen atoms in total. The van der Waals surface area contributed by atoms with E-state index >= 15 is 0 Å². The number of rotatable bonds is 6. The van der Waals surface area contributed by atoms with Crippen LogP contribution in [0.5, 0.6) is 17.5 Å². The maximum atomic E-state index is 12.7. The van der Waals surface area contributed by atoms with Crippen molar-refractivity contribution in [1.29, 1.82) is 0 Å². The minimum absolute atomic E-state index is 0.134. The third-order valence-electron chi connectivity index (χ3n) is 4.86. The number of aromatic hydroxyl groups is 1. The summed E-state index contributed by atoms with van der Waals surface area (Å²) >= 11 is 0. The summed E-state index contributed by atoms with van der Waals surface area (Å²) in [6, 6.07) is 5.16. The van der Waals surface area contributed by atoms with Crippen molar-refractivity contribution in [2.24, 2.45) is 0 Å². The number of nitrogens with zero attached hydrogens (tertiary/aromatic N) is 5. The molecule has 0 saturated carbocycles. The number of hydrogen-bond acceptors (Lipinski definition) is 6. The zero-order valence-electron chi connectivity index (χ0n) is 17.5. The molecular weight excluding hydrogens is 427 g/mol. The third kappa shape index (κ3) is 3.93. The van der Waals surface area contributed by atoms with Gasteiger partial charge in [0.05, 0.1) is 42.2 Å². The molecule has 0 unspecified atom stereocenters. The Kier molecular flexibility index (Phi) is 5.41. The van der Waals surface area contributed by atoms with Crippen LogP contribution in [0.1, 0.15) is 12.6 Å². The summed E-state index contributed by atoms with van der Waals surface area (Å²) in [7, 11) is 1.52. The first-order valence-corrected chi connectivity index (χ1v) is 9.69. The Balaban J connectivity index is 1.76. The van der Waals surface area contributed by atoms with Gasteiger partial charge < -0.3 is 14.6 Å². The fourth-order valence-corrected chi connectivity index (χ4v) is 3.48. The van der Waals surface area contributed by atoms with Gasteiger partial charge in [0.25, 0.3) is 5.88 Å². The molecule has 0 aliphatic carbocycles. The number of fused-ring (bicyclic) bond motifs is 1. The first kappa shape index (κ1) is 21.5. The SMILES string of the molecule is CCOc1ncc(-c2ccc3c(O)n(-c4cnn(CC(F)(F)F)c4)c(C)c3n2)cc1OC. The lowest BCUT2D eigenvalue weighted by atomic mass is 10.1. The van der Waals surface area contributed by atoms with Crippen LogP contribution >= 0.6 is 0 Å². The predicted molar refractivity (Wildman–Crippen MR) is 110 cm³/mol. The van der Waals surface area contributed by atoms with E-state index in [0.29, 0.717) is 51.8 Å². The van der Waals surface area contributed by atoms with E-state index in [2.05, 4.69) is 15.1 Å². The first-order valence-electron chi connectivity index (χ1n) is 9.69. The summed E-state index contributed by atoms with van der Waals surface area (Å²) in [5, 5.41) is 14.9. The minimum Gasteiger partial charge on any atom is -0.494 e. The van der Waals surface area contributed by atoms with Crippen LogP contribution in [0.15, 0.2) is 36.8 Å². The van der Waals surface area contributed by atoms with Crippen LogP contribution in [-0.2, 0) is 6.54 Å². The van der Waals surface area contributed by atoms with E-state index < -0.39 is 12.7 Å². The standard InChI is InChI=1S/C21H20F3N5O3/c1-4-32-19-17(31-3)7-13(8-25-19)16-6-5-15-18(27-16)12(2)29(20(15)30)14-9-26-28(10-14)11-21(22,23)24/h5-10,30H,4,11H2,1-3H3. The molecule has 0 aliphatic rings. The van der Waals surface area contributed by atoms with Crippen LogP contribution in [0.25, 0.3) is 27.8 Å². The molecule has 0 amide bonds. The molecule has 0 spiro atoms. The van der Waals surface area contributed by atoms with Gasteiger partial charge in [0.2, 0.25) is 5.88 Å². The fraction of sp³-hybridized carbons (Fsp3) is 0.286. The van der Waals surface area contributed by atoms with Crippen LogP contribution in [-0.4, -0.2) is 49.3 Å². The second kappa shape index (κ2) is 8.06. The molecule has 0 bridgehead atoms. The lowest BCUT2D eigenvalue weighted by Crippen LogP contribution is -2.17. The van der Waals surface area contributed by atoms with Crippen molar-refractivity contribution >= 4 is 10.9 Å². The molecule has 4 aromatic rings. The maximum absolute atomic E-state index is 12.7. The summed E-state index contributed by atoms with van der Waals surface area (Å²) in [6.07, 6.45) is -0.305. The Morgan fingerprint density at radius 3 is 2.66 bits per heavy atom. The summed E-state index contributed by atoms with van der Waals surface area (Å²) in [5.41, 5.74) is 2.61. The molecule has 11 heteroatoms. The monoisotopic (exact) mass is 447 g/mol. The van der Waals surface area contributed by atoms with Gasteiger partial charge in [-0.15, -0.1) is 0 Å². The van der Waals surface area contributed by atoms with E-state index in [1.807, 2.05) is 6.92 Å². The lowest BCUT2D eigenvalue weighted by Gasteiger charge is -2.09. The Hall–Kier alpha value is -3.76. The van der Waals surface area contributed by atoms with Gasteiger partial charge in [0.1, 0.15) is 6.54 Å². The molecule has 4 heterocycles. The van der Waals surface area contributed by atoms with Gasteiger partial charge in [-0.05, 0) is 32.0 Å². The van der Waals surface area contributed by atoms with Gasteiger partial charge in [-0.2, -0.15) is 18.3 Å². The average molecular weight is 447 g/mol. The van der Waals surface area contributed by atoms with Gasteiger partial charge in [-0.1, -0.05) is 0 Å². The molecule has 0 radical (unpaired) electrons. The Bertz CT molecular complexity index is 1280. The highest BCUT2D eigenvalue weighted by atomic mass is 19.4. The van der Waals surface area contributed by atoms with Crippen LogP contribution in [0.2, 0.25) is 0 Å². The molecule has 0 aliphatic heterocycles. The zero-order valence-corrected chi connectivity index (χ0v) is 17.5. The number of methoxy groups -OCH3 is 1. The van der Waals surface area contributed by atoms with Gasteiger partial charge in [-0.3, -0.25) is 9.25 Å². The topological polar surface area (TPSA) is 87.2 Å².